The van der Waals surface area contributed by atoms with Gasteiger partial charge in [0.25, 0.3) is 0 Å². The second kappa shape index (κ2) is 9.82. The molecule has 0 aliphatic carbocycles. The predicted molar refractivity (Wildman–Crippen MR) is 122 cm³/mol. The summed E-state index contributed by atoms with van der Waals surface area (Å²) in [7, 11) is -3.75. The zero-order chi connectivity index (χ0) is 22.4. The molecule has 0 aliphatic rings. The molecule has 0 atom stereocenters. The summed E-state index contributed by atoms with van der Waals surface area (Å²) < 4.78 is 24.9. The normalized spacial score (nSPS) is 11.5. The number of primary sulfonamides is 1. The van der Waals surface area contributed by atoms with Gasteiger partial charge in [0.1, 0.15) is 5.82 Å². The van der Waals surface area contributed by atoms with E-state index < -0.39 is 10.0 Å². The number of hydrogen-bond donors (Lipinski definition) is 2. The highest BCUT2D eigenvalue weighted by molar-refractivity contribution is 7.89. The zero-order valence-electron chi connectivity index (χ0n) is 17.4. The number of nitrogens with two attached hydrogens (primary N) is 1. The molecule has 0 aliphatic heterocycles. The minimum atomic E-state index is -3.75. The third kappa shape index (κ3) is 5.64. The van der Waals surface area contributed by atoms with Crippen molar-refractivity contribution in [3.8, 4) is 5.69 Å². The van der Waals surface area contributed by atoms with Crippen LogP contribution < -0.4 is 10.5 Å². The molecule has 32 heavy (non-hydrogen) atoms. The van der Waals surface area contributed by atoms with Crippen LogP contribution >= 0.6 is 0 Å². The first kappa shape index (κ1) is 21.8. The Bertz CT molecular complexity index is 1260. The van der Waals surface area contributed by atoms with Crippen LogP contribution in [0.5, 0.6) is 0 Å². The van der Waals surface area contributed by atoms with Gasteiger partial charge in [0, 0.05) is 31.3 Å². The highest BCUT2D eigenvalue weighted by atomic mass is 32.2. The van der Waals surface area contributed by atoms with Crippen LogP contribution in [0.1, 0.15) is 22.9 Å². The molecule has 0 radical (unpaired) electrons. The molecule has 0 saturated carbocycles. The van der Waals surface area contributed by atoms with Crippen LogP contribution in [0.15, 0.2) is 83.9 Å². The van der Waals surface area contributed by atoms with E-state index in [9.17, 15) is 8.42 Å². The van der Waals surface area contributed by atoms with E-state index >= 15 is 0 Å². The number of rotatable bonds is 9. The van der Waals surface area contributed by atoms with Gasteiger partial charge in [-0.2, -0.15) is 0 Å². The molecule has 4 aromatic rings. The lowest BCUT2D eigenvalue weighted by Gasteiger charge is -2.07. The molecule has 4 rings (SSSR count). The standard InChI is InChI=1S/C23H24N6O2S/c24-32(30,31)21-11-9-20(10-12-21)29-23(16-18-6-2-1-3-7-18)27-22(28-29)17-25-15-13-19-8-4-5-14-26-19/h1-12,14,25H,13,15-17H2,(H2,24,30,31). The Kier molecular flexibility index (Phi) is 6.69. The minimum Gasteiger partial charge on any atom is -0.309 e. The number of pyridine rings is 1. The summed E-state index contributed by atoms with van der Waals surface area (Å²) >= 11 is 0. The Morgan fingerprint density at radius 2 is 1.69 bits per heavy atom. The summed E-state index contributed by atoms with van der Waals surface area (Å²) in [5.41, 5.74) is 2.85. The van der Waals surface area contributed by atoms with Crippen LogP contribution in [0.3, 0.4) is 0 Å². The molecule has 2 aromatic heterocycles. The maximum absolute atomic E-state index is 11.6. The summed E-state index contributed by atoms with van der Waals surface area (Å²) in [6.07, 6.45) is 3.20. The number of benzene rings is 2. The lowest BCUT2D eigenvalue weighted by molar-refractivity contribution is 0.597. The topological polar surface area (TPSA) is 116 Å². The fraction of sp³-hybridized carbons (Fsp3) is 0.174. The number of aromatic nitrogens is 4. The van der Waals surface area contributed by atoms with E-state index in [1.165, 1.54) is 12.1 Å². The van der Waals surface area contributed by atoms with Gasteiger partial charge in [-0.15, -0.1) is 5.10 Å². The van der Waals surface area contributed by atoms with Gasteiger partial charge >= 0.3 is 0 Å². The molecule has 164 valence electrons. The first-order chi connectivity index (χ1) is 15.5. The Morgan fingerprint density at radius 1 is 0.938 bits per heavy atom. The minimum absolute atomic E-state index is 0.0578. The lowest BCUT2D eigenvalue weighted by atomic mass is 10.1. The Hall–Kier alpha value is -3.40. The first-order valence-corrected chi connectivity index (χ1v) is 11.8. The SMILES string of the molecule is NS(=O)(=O)c1ccc(-n2nc(CNCCc3ccccn3)nc2Cc2ccccc2)cc1. The molecule has 0 saturated heterocycles. The van der Waals surface area contributed by atoms with Gasteiger partial charge in [-0.05, 0) is 42.0 Å². The Morgan fingerprint density at radius 3 is 2.38 bits per heavy atom. The quantitative estimate of drug-likeness (QED) is 0.379. The van der Waals surface area contributed by atoms with Crippen molar-refractivity contribution in [1.82, 2.24) is 25.1 Å². The third-order valence-electron chi connectivity index (χ3n) is 4.90. The van der Waals surface area contributed by atoms with Crippen molar-refractivity contribution in [2.75, 3.05) is 6.54 Å². The van der Waals surface area contributed by atoms with Crippen LogP contribution in [-0.2, 0) is 29.4 Å². The Balaban J connectivity index is 1.53. The molecule has 9 heteroatoms. The monoisotopic (exact) mass is 448 g/mol. The van der Waals surface area contributed by atoms with Crippen molar-refractivity contribution in [3.05, 3.63) is 102 Å². The third-order valence-corrected chi connectivity index (χ3v) is 5.83. The highest BCUT2D eigenvalue weighted by Crippen LogP contribution is 2.16. The summed E-state index contributed by atoms with van der Waals surface area (Å²) in [4.78, 5) is 9.11. The summed E-state index contributed by atoms with van der Waals surface area (Å²) in [5, 5.41) is 13.2. The van der Waals surface area contributed by atoms with E-state index in [0.29, 0.717) is 18.8 Å². The molecule has 0 bridgehead atoms. The Labute approximate surface area is 187 Å². The predicted octanol–water partition coefficient (Wildman–Crippen LogP) is 2.23. The molecule has 2 aromatic carbocycles. The van der Waals surface area contributed by atoms with Crippen LogP contribution in [0, 0.1) is 0 Å². The van der Waals surface area contributed by atoms with Crippen molar-refractivity contribution in [2.45, 2.75) is 24.3 Å². The van der Waals surface area contributed by atoms with Gasteiger partial charge in [0.2, 0.25) is 10.0 Å². The highest BCUT2D eigenvalue weighted by Gasteiger charge is 2.14. The van der Waals surface area contributed by atoms with Crippen molar-refractivity contribution < 1.29 is 8.42 Å². The van der Waals surface area contributed by atoms with E-state index in [2.05, 4.69) is 15.4 Å². The average molecular weight is 449 g/mol. The average Bonchev–Trinajstić information content (AvgIpc) is 3.20. The molecular formula is C23H24N6O2S. The van der Waals surface area contributed by atoms with Crippen LogP contribution in [0.2, 0.25) is 0 Å². The molecule has 2 heterocycles. The van der Waals surface area contributed by atoms with E-state index in [1.54, 1.807) is 23.0 Å². The van der Waals surface area contributed by atoms with E-state index in [-0.39, 0.29) is 4.90 Å². The maximum Gasteiger partial charge on any atom is 0.238 e. The van der Waals surface area contributed by atoms with Gasteiger partial charge < -0.3 is 5.32 Å². The molecule has 8 nitrogen and oxygen atoms in total. The van der Waals surface area contributed by atoms with Crippen LogP contribution in [0.25, 0.3) is 5.69 Å². The zero-order valence-corrected chi connectivity index (χ0v) is 18.2. The number of nitrogens with one attached hydrogen (secondary N) is 1. The van der Waals surface area contributed by atoms with Gasteiger partial charge in [0.15, 0.2) is 5.82 Å². The van der Waals surface area contributed by atoms with Gasteiger partial charge in [0.05, 0.1) is 17.1 Å². The molecular weight excluding hydrogens is 424 g/mol. The lowest BCUT2D eigenvalue weighted by Crippen LogP contribution is -2.18. The van der Waals surface area contributed by atoms with Crippen molar-refractivity contribution >= 4 is 10.0 Å². The second-order valence-electron chi connectivity index (χ2n) is 7.31. The number of hydrogen-bond acceptors (Lipinski definition) is 6. The van der Waals surface area contributed by atoms with Crippen molar-refractivity contribution in [1.29, 1.82) is 0 Å². The van der Waals surface area contributed by atoms with Gasteiger partial charge in [-0.3, -0.25) is 4.98 Å². The van der Waals surface area contributed by atoms with E-state index in [4.69, 9.17) is 10.1 Å². The summed E-state index contributed by atoms with van der Waals surface area (Å²) in [6.45, 7) is 1.26. The van der Waals surface area contributed by atoms with Crippen molar-refractivity contribution in [3.63, 3.8) is 0 Å². The van der Waals surface area contributed by atoms with E-state index in [0.717, 1.165) is 35.7 Å². The van der Waals surface area contributed by atoms with Crippen LogP contribution in [-0.4, -0.2) is 34.7 Å². The fourth-order valence-corrected chi connectivity index (χ4v) is 3.82. The smallest absolute Gasteiger partial charge is 0.238 e. The molecule has 0 fully saturated rings. The molecule has 0 spiro atoms. The summed E-state index contributed by atoms with van der Waals surface area (Å²) in [5.74, 6) is 1.42. The second-order valence-corrected chi connectivity index (χ2v) is 8.87. The molecule has 0 unspecified atom stereocenters. The van der Waals surface area contributed by atoms with Gasteiger partial charge in [-0.25, -0.2) is 23.2 Å². The number of nitrogens with zero attached hydrogens (tertiary/aromatic N) is 4. The van der Waals surface area contributed by atoms with Crippen LogP contribution in [0.4, 0.5) is 0 Å². The summed E-state index contributed by atoms with van der Waals surface area (Å²) in [6, 6.07) is 22.2. The maximum atomic E-state index is 11.6. The van der Waals surface area contributed by atoms with Crippen molar-refractivity contribution in [2.24, 2.45) is 5.14 Å². The fourth-order valence-electron chi connectivity index (χ4n) is 3.31. The largest absolute Gasteiger partial charge is 0.309 e. The number of sulfonamides is 1. The van der Waals surface area contributed by atoms with E-state index in [1.807, 2.05) is 48.5 Å². The first-order valence-electron chi connectivity index (χ1n) is 10.2. The molecule has 0 amide bonds. The van der Waals surface area contributed by atoms with Gasteiger partial charge in [-0.1, -0.05) is 36.4 Å². The molecule has 3 N–H and O–H groups in total.